The molecule has 0 radical (unpaired) electrons. The van der Waals surface area contributed by atoms with Gasteiger partial charge in [-0.1, -0.05) is 6.07 Å². The molecule has 3 nitrogen and oxygen atoms in total. The van der Waals surface area contributed by atoms with Gasteiger partial charge < -0.3 is 9.94 Å². The Balaban J connectivity index is 3.13. The minimum atomic E-state index is -0.390. The maximum atomic E-state index is 13.0. The van der Waals surface area contributed by atoms with Crippen molar-refractivity contribution in [3.63, 3.8) is 0 Å². The molecule has 0 fully saturated rings. The van der Waals surface area contributed by atoms with Gasteiger partial charge in [-0.05, 0) is 22.0 Å². The number of hydroxylamine groups is 1. The lowest BCUT2D eigenvalue weighted by Crippen LogP contribution is -2.08. The van der Waals surface area contributed by atoms with E-state index in [0.29, 0.717) is 11.3 Å². The number of hydrogen-bond acceptors (Lipinski definition) is 3. The van der Waals surface area contributed by atoms with Crippen molar-refractivity contribution in [1.82, 2.24) is 5.48 Å². The third kappa shape index (κ3) is 2.18. The lowest BCUT2D eigenvalue weighted by Gasteiger charge is -2.09. The molecule has 1 aromatic carbocycles. The number of nitrogens with one attached hydrogen (secondary N) is 1. The number of benzene rings is 1. The van der Waals surface area contributed by atoms with Crippen LogP contribution in [0.25, 0.3) is 0 Å². The highest BCUT2D eigenvalue weighted by Crippen LogP contribution is 2.31. The molecule has 1 aromatic rings. The summed E-state index contributed by atoms with van der Waals surface area (Å²) in [5.74, 6) is 0.0000831. The van der Waals surface area contributed by atoms with Crippen LogP contribution in [0.4, 0.5) is 4.39 Å². The molecular formula is C8H9BrFNO2. The van der Waals surface area contributed by atoms with Crippen LogP contribution in [-0.2, 0) is 6.54 Å². The molecule has 2 N–H and O–H groups in total. The lowest BCUT2D eigenvalue weighted by molar-refractivity contribution is 0.160. The zero-order chi connectivity index (χ0) is 9.84. The average Bonchev–Trinajstić information content (AvgIpc) is 2.12. The van der Waals surface area contributed by atoms with E-state index in [0.717, 1.165) is 0 Å². The summed E-state index contributed by atoms with van der Waals surface area (Å²) >= 11 is 3.05. The van der Waals surface area contributed by atoms with Gasteiger partial charge in [-0.15, -0.1) is 0 Å². The Morgan fingerprint density at radius 2 is 2.31 bits per heavy atom. The van der Waals surface area contributed by atoms with Crippen LogP contribution in [0, 0.1) is 5.82 Å². The van der Waals surface area contributed by atoms with Crippen molar-refractivity contribution in [3.8, 4) is 5.75 Å². The smallest absolute Gasteiger partial charge is 0.141 e. The molecular weight excluding hydrogens is 241 g/mol. The van der Waals surface area contributed by atoms with Gasteiger partial charge in [0.15, 0.2) is 0 Å². The molecule has 0 saturated heterocycles. The van der Waals surface area contributed by atoms with E-state index in [4.69, 9.17) is 9.94 Å². The van der Waals surface area contributed by atoms with Crippen LogP contribution >= 0.6 is 15.9 Å². The minimum Gasteiger partial charge on any atom is -0.495 e. The fourth-order valence-corrected chi connectivity index (χ4v) is 1.57. The molecule has 0 aliphatic heterocycles. The van der Waals surface area contributed by atoms with Crippen molar-refractivity contribution in [2.45, 2.75) is 6.54 Å². The predicted octanol–water partition coefficient (Wildman–Crippen LogP) is 2.08. The van der Waals surface area contributed by atoms with E-state index in [1.807, 2.05) is 5.48 Å². The highest BCUT2D eigenvalue weighted by Gasteiger charge is 2.10. The van der Waals surface area contributed by atoms with Crippen molar-refractivity contribution in [2.24, 2.45) is 0 Å². The van der Waals surface area contributed by atoms with Crippen LogP contribution in [0.5, 0.6) is 5.75 Å². The van der Waals surface area contributed by atoms with Crippen LogP contribution in [0.2, 0.25) is 0 Å². The normalized spacial score (nSPS) is 10.2. The first kappa shape index (κ1) is 10.4. The summed E-state index contributed by atoms with van der Waals surface area (Å²) in [6.07, 6.45) is 0. The number of rotatable bonds is 3. The van der Waals surface area contributed by atoms with Gasteiger partial charge in [0.1, 0.15) is 11.6 Å². The summed E-state index contributed by atoms with van der Waals surface area (Å²) in [5.41, 5.74) is 2.66. The summed E-state index contributed by atoms with van der Waals surface area (Å²) in [7, 11) is 1.44. The van der Waals surface area contributed by atoms with E-state index in [1.54, 1.807) is 6.07 Å². The second-order valence-corrected chi connectivity index (χ2v) is 3.18. The Kier molecular flexibility index (Phi) is 3.65. The monoisotopic (exact) mass is 249 g/mol. The lowest BCUT2D eigenvalue weighted by atomic mass is 10.2. The van der Waals surface area contributed by atoms with Crippen molar-refractivity contribution in [3.05, 3.63) is 28.0 Å². The van der Waals surface area contributed by atoms with Crippen molar-refractivity contribution >= 4 is 15.9 Å². The summed E-state index contributed by atoms with van der Waals surface area (Å²) < 4.78 is 18.2. The quantitative estimate of drug-likeness (QED) is 0.807. The van der Waals surface area contributed by atoms with Crippen LogP contribution in [0.15, 0.2) is 16.6 Å². The summed E-state index contributed by atoms with van der Waals surface area (Å²) in [6, 6.07) is 2.85. The molecule has 72 valence electrons. The molecule has 0 unspecified atom stereocenters. The molecule has 0 aliphatic rings. The third-order valence-electron chi connectivity index (χ3n) is 1.61. The van der Waals surface area contributed by atoms with Gasteiger partial charge in [-0.3, -0.25) is 0 Å². The van der Waals surface area contributed by atoms with E-state index < -0.39 is 5.82 Å². The van der Waals surface area contributed by atoms with E-state index in [-0.39, 0.29) is 11.0 Å². The largest absolute Gasteiger partial charge is 0.495 e. The molecule has 5 heteroatoms. The standard InChI is InChI=1S/C8H9BrFNO2/c1-13-8-5(4-11-12)2-3-6(10)7(8)9/h2-3,11-12H,4H2,1H3. The number of halogens is 2. The Morgan fingerprint density at radius 3 is 2.85 bits per heavy atom. The molecule has 13 heavy (non-hydrogen) atoms. The van der Waals surface area contributed by atoms with Gasteiger partial charge in [-0.2, -0.15) is 0 Å². The van der Waals surface area contributed by atoms with Crippen LogP contribution < -0.4 is 10.2 Å². The number of ether oxygens (including phenoxy) is 1. The fourth-order valence-electron chi connectivity index (χ4n) is 1.02. The predicted molar refractivity (Wildman–Crippen MR) is 49.3 cm³/mol. The second-order valence-electron chi connectivity index (χ2n) is 2.39. The second kappa shape index (κ2) is 4.55. The Morgan fingerprint density at radius 1 is 1.62 bits per heavy atom. The molecule has 0 spiro atoms. The van der Waals surface area contributed by atoms with Crippen molar-refractivity contribution < 1.29 is 14.3 Å². The van der Waals surface area contributed by atoms with E-state index in [1.165, 1.54) is 13.2 Å². The van der Waals surface area contributed by atoms with Crippen molar-refractivity contribution in [1.29, 1.82) is 0 Å². The van der Waals surface area contributed by atoms with Gasteiger partial charge in [0.2, 0.25) is 0 Å². The van der Waals surface area contributed by atoms with Gasteiger partial charge in [0.05, 0.1) is 11.6 Å². The highest BCUT2D eigenvalue weighted by molar-refractivity contribution is 9.10. The maximum absolute atomic E-state index is 13.0. The minimum absolute atomic E-state index is 0.210. The third-order valence-corrected chi connectivity index (χ3v) is 2.34. The zero-order valence-electron chi connectivity index (χ0n) is 6.97. The topological polar surface area (TPSA) is 41.5 Å². The molecule has 0 amide bonds. The summed E-state index contributed by atoms with van der Waals surface area (Å²) in [5, 5.41) is 8.49. The maximum Gasteiger partial charge on any atom is 0.141 e. The Labute approximate surface area is 83.6 Å². The van der Waals surface area contributed by atoms with Crippen LogP contribution in [0.3, 0.4) is 0 Å². The summed E-state index contributed by atoms with van der Waals surface area (Å²) in [6.45, 7) is 0.210. The first-order valence-corrected chi connectivity index (χ1v) is 4.37. The SMILES string of the molecule is COc1c(CNO)ccc(F)c1Br. The van der Waals surface area contributed by atoms with Gasteiger partial charge in [0.25, 0.3) is 0 Å². The van der Waals surface area contributed by atoms with Gasteiger partial charge in [-0.25, -0.2) is 9.87 Å². The first-order chi connectivity index (χ1) is 6.20. The molecule has 0 saturated carbocycles. The van der Waals surface area contributed by atoms with Crippen LogP contribution in [0.1, 0.15) is 5.56 Å². The molecule has 1 rings (SSSR count). The van der Waals surface area contributed by atoms with E-state index in [9.17, 15) is 4.39 Å². The van der Waals surface area contributed by atoms with E-state index in [2.05, 4.69) is 15.9 Å². The van der Waals surface area contributed by atoms with Crippen molar-refractivity contribution in [2.75, 3.05) is 7.11 Å². The highest BCUT2D eigenvalue weighted by atomic mass is 79.9. The van der Waals surface area contributed by atoms with Crippen LogP contribution in [-0.4, -0.2) is 12.3 Å². The summed E-state index contributed by atoms with van der Waals surface area (Å²) in [4.78, 5) is 0. The average molecular weight is 250 g/mol. The number of methoxy groups -OCH3 is 1. The molecule has 0 aliphatic carbocycles. The Hall–Kier alpha value is -0.650. The molecule has 0 bridgehead atoms. The Bertz CT molecular complexity index is 306. The molecule has 0 heterocycles. The molecule has 0 atom stereocenters. The molecule has 0 aromatic heterocycles. The fraction of sp³-hybridized carbons (Fsp3) is 0.250. The van der Waals surface area contributed by atoms with Gasteiger partial charge >= 0.3 is 0 Å². The first-order valence-electron chi connectivity index (χ1n) is 3.58. The van der Waals surface area contributed by atoms with Gasteiger partial charge in [0, 0.05) is 12.1 Å². The van der Waals surface area contributed by atoms with E-state index >= 15 is 0 Å². The zero-order valence-corrected chi connectivity index (χ0v) is 8.56. The number of hydrogen-bond donors (Lipinski definition) is 2.